The molecule has 1 aromatic rings. The van der Waals surface area contributed by atoms with Gasteiger partial charge in [0.05, 0.1) is 11.6 Å². The number of hydrogen-bond acceptors (Lipinski definition) is 2. The Hall–Kier alpha value is -1.36. The van der Waals surface area contributed by atoms with Crippen molar-refractivity contribution in [2.75, 3.05) is 0 Å². The fourth-order valence-electron chi connectivity index (χ4n) is 2.12. The molecule has 0 aromatic heterocycles. The number of ketones is 1. The maximum Gasteiger partial charge on any atom is 0.416 e. The minimum Gasteiger partial charge on any atom is -0.302 e. The quantitative estimate of drug-likeness (QED) is 0.891. The van der Waals surface area contributed by atoms with Crippen LogP contribution >= 0.6 is 0 Å². The van der Waals surface area contributed by atoms with E-state index in [1.54, 1.807) is 13.0 Å². The first-order chi connectivity index (χ1) is 9.53. The molecule has 0 aliphatic rings. The van der Waals surface area contributed by atoms with Gasteiger partial charge in [-0.3, -0.25) is 4.79 Å². The molecule has 0 fully saturated rings. The van der Waals surface area contributed by atoms with Crippen molar-refractivity contribution in [2.24, 2.45) is 0 Å². The lowest BCUT2D eigenvalue weighted by atomic mass is 9.96. The summed E-state index contributed by atoms with van der Waals surface area (Å²) in [7, 11) is 0. The third-order valence-electron chi connectivity index (χ3n) is 3.04. The molecule has 21 heavy (non-hydrogen) atoms. The number of halogens is 3. The van der Waals surface area contributed by atoms with E-state index in [1.165, 1.54) is 6.07 Å². The van der Waals surface area contributed by atoms with E-state index in [2.05, 4.69) is 5.32 Å². The Morgan fingerprint density at radius 2 is 1.86 bits per heavy atom. The van der Waals surface area contributed by atoms with Gasteiger partial charge in [-0.15, -0.1) is 0 Å². The van der Waals surface area contributed by atoms with E-state index in [0.29, 0.717) is 12.0 Å². The molecule has 0 saturated heterocycles. The summed E-state index contributed by atoms with van der Waals surface area (Å²) < 4.78 is 38.2. The van der Waals surface area contributed by atoms with Gasteiger partial charge in [-0.05, 0) is 38.8 Å². The first-order valence-electron chi connectivity index (χ1n) is 6.99. The predicted octanol–water partition coefficient (Wildman–Crippen LogP) is 3.98. The van der Waals surface area contributed by atoms with Crippen LogP contribution in [-0.4, -0.2) is 17.4 Å². The molecular weight excluding hydrogens is 279 g/mol. The summed E-state index contributed by atoms with van der Waals surface area (Å²) in [6, 6.07) is 4.68. The van der Waals surface area contributed by atoms with Gasteiger partial charge in [-0.1, -0.05) is 25.1 Å². The molecule has 0 heterocycles. The highest BCUT2D eigenvalue weighted by Crippen LogP contribution is 2.29. The van der Waals surface area contributed by atoms with Crippen molar-refractivity contribution in [2.45, 2.75) is 58.3 Å². The second-order valence-electron chi connectivity index (χ2n) is 6.17. The number of nitrogens with one attached hydrogen (secondary N) is 1. The zero-order valence-corrected chi connectivity index (χ0v) is 12.8. The van der Waals surface area contributed by atoms with Crippen LogP contribution in [-0.2, 0) is 17.4 Å². The lowest BCUT2D eigenvalue weighted by Crippen LogP contribution is -2.48. The lowest BCUT2D eigenvalue weighted by Gasteiger charge is -2.28. The fraction of sp³-hybridized carbons (Fsp3) is 0.562. The SMILES string of the molecule is CCC(=O)[C@@H](Cc1cccc(C(F)(F)F)c1)NC(C)(C)C. The van der Waals surface area contributed by atoms with E-state index < -0.39 is 17.8 Å². The van der Waals surface area contributed by atoms with Gasteiger partial charge in [0.1, 0.15) is 5.78 Å². The highest BCUT2D eigenvalue weighted by atomic mass is 19.4. The normalized spacial score (nSPS) is 14.0. The molecule has 1 N–H and O–H groups in total. The first kappa shape index (κ1) is 17.7. The first-order valence-corrected chi connectivity index (χ1v) is 6.99. The Labute approximate surface area is 123 Å². The van der Waals surface area contributed by atoms with Crippen molar-refractivity contribution >= 4 is 5.78 Å². The van der Waals surface area contributed by atoms with Crippen LogP contribution in [0.15, 0.2) is 24.3 Å². The molecule has 0 aliphatic heterocycles. The Morgan fingerprint density at radius 1 is 1.24 bits per heavy atom. The lowest BCUT2D eigenvalue weighted by molar-refractivity contribution is -0.137. The smallest absolute Gasteiger partial charge is 0.302 e. The van der Waals surface area contributed by atoms with Gasteiger partial charge in [0.15, 0.2) is 0 Å². The molecule has 0 saturated carbocycles. The van der Waals surface area contributed by atoms with Gasteiger partial charge in [0.2, 0.25) is 0 Å². The average molecular weight is 301 g/mol. The van der Waals surface area contributed by atoms with Crippen LogP contribution in [0, 0.1) is 0 Å². The number of carbonyl (C=O) groups is 1. The highest BCUT2D eigenvalue weighted by Gasteiger charge is 2.31. The zero-order valence-electron chi connectivity index (χ0n) is 12.8. The van der Waals surface area contributed by atoms with Crippen molar-refractivity contribution in [3.05, 3.63) is 35.4 Å². The topological polar surface area (TPSA) is 29.1 Å². The molecule has 0 spiro atoms. The molecular formula is C16H22F3NO. The Bertz CT molecular complexity index is 489. The summed E-state index contributed by atoms with van der Waals surface area (Å²) in [6.45, 7) is 7.53. The molecule has 0 amide bonds. The largest absolute Gasteiger partial charge is 0.416 e. The van der Waals surface area contributed by atoms with Crippen molar-refractivity contribution in [3.8, 4) is 0 Å². The molecule has 0 aliphatic carbocycles. The summed E-state index contributed by atoms with van der Waals surface area (Å²) in [4.78, 5) is 12.0. The minimum atomic E-state index is -4.36. The molecule has 118 valence electrons. The van der Waals surface area contributed by atoms with E-state index in [9.17, 15) is 18.0 Å². The van der Waals surface area contributed by atoms with Crippen LogP contribution in [0.2, 0.25) is 0 Å². The summed E-state index contributed by atoms with van der Waals surface area (Å²) in [5.41, 5.74) is -0.455. The summed E-state index contributed by atoms with van der Waals surface area (Å²) in [5.74, 6) is 0.00216. The molecule has 1 rings (SSSR count). The molecule has 2 nitrogen and oxygen atoms in total. The molecule has 1 aromatic carbocycles. The minimum absolute atomic E-state index is 0.00216. The zero-order chi connectivity index (χ0) is 16.3. The van der Waals surface area contributed by atoms with Crippen LogP contribution < -0.4 is 5.32 Å². The van der Waals surface area contributed by atoms with Crippen LogP contribution in [0.5, 0.6) is 0 Å². The third-order valence-corrected chi connectivity index (χ3v) is 3.04. The van der Waals surface area contributed by atoms with E-state index in [-0.39, 0.29) is 17.7 Å². The second kappa shape index (κ2) is 6.60. The van der Waals surface area contributed by atoms with E-state index >= 15 is 0 Å². The maximum absolute atomic E-state index is 12.7. The van der Waals surface area contributed by atoms with Crippen LogP contribution in [0.1, 0.15) is 45.2 Å². The van der Waals surface area contributed by atoms with Crippen molar-refractivity contribution in [3.63, 3.8) is 0 Å². The summed E-state index contributed by atoms with van der Waals surface area (Å²) >= 11 is 0. The van der Waals surface area contributed by atoms with Gasteiger partial charge in [-0.2, -0.15) is 13.2 Å². The number of alkyl halides is 3. The summed E-state index contributed by atoms with van der Waals surface area (Å²) in [5, 5.41) is 3.18. The molecule has 0 bridgehead atoms. The third kappa shape index (κ3) is 5.87. The van der Waals surface area contributed by atoms with Crippen LogP contribution in [0.4, 0.5) is 13.2 Å². The average Bonchev–Trinajstić information content (AvgIpc) is 2.35. The Kier molecular flexibility index (Phi) is 5.56. The molecule has 1 atom stereocenters. The number of benzene rings is 1. The molecule has 0 unspecified atom stereocenters. The Morgan fingerprint density at radius 3 is 2.33 bits per heavy atom. The van der Waals surface area contributed by atoms with Gasteiger partial charge in [0, 0.05) is 12.0 Å². The van der Waals surface area contributed by atoms with Gasteiger partial charge >= 0.3 is 6.18 Å². The number of hydrogen-bond donors (Lipinski definition) is 1. The number of carbonyl (C=O) groups excluding carboxylic acids is 1. The van der Waals surface area contributed by atoms with E-state index in [0.717, 1.165) is 12.1 Å². The Balaban J connectivity index is 2.96. The highest BCUT2D eigenvalue weighted by molar-refractivity contribution is 5.84. The second-order valence-corrected chi connectivity index (χ2v) is 6.17. The number of rotatable bonds is 5. The van der Waals surface area contributed by atoms with E-state index in [1.807, 2.05) is 20.8 Å². The van der Waals surface area contributed by atoms with Gasteiger partial charge in [-0.25, -0.2) is 0 Å². The van der Waals surface area contributed by atoms with Gasteiger partial charge < -0.3 is 5.32 Å². The number of Topliss-reactive ketones (excluding diaryl/α,β-unsaturated/α-hetero) is 1. The van der Waals surface area contributed by atoms with Crippen molar-refractivity contribution < 1.29 is 18.0 Å². The van der Waals surface area contributed by atoms with Gasteiger partial charge in [0.25, 0.3) is 0 Å². The van der Waals surface area contributed by atoms with E-state index in [4.69, 9.17) is 0 Å². The monoisotopic (exact) mass is 301 g/mol. The fourth-order valence-corrected chi connectivity index (χ4v) is 2.12. The molecule has 5 heteroatoms. The molecule has 0 radical (unpaired) electrons. The van der Waals surface area contributed by atoms with Crippen LogP contribution in [0.3, 0.4) is 0 Å². The van der Waals surface area contributed by atoms with Crippen molar-refractivity contribution in [1.29, 1.82) is 0 Å². The maximum atomic E-state index is 12.7. The summed E-state index contributed by atoms with van der Waals surface area (Å²) in [6.07, 6.45) is -3.75. The predicted molar refractivity (Wildman–Crippen MR) is 77.1 cm³/mol. The van der Waals surface area contributed by atoms with Crippen LogP contribution in [0.25, 0.3) is 0 Å². The standard InChI is InChI=1S/C16H22F3NO/c1-5-14(21)13(20-15(2,3)4)10-11-7-6-8-12(9-11)16(17,18)19/h6-9,13,20H,5,10H2,1-4H3/t13-/m1/s1. The van der Waals surface area contributed by atoms with Crippen molar-refractivity contribution in [1.82, 2.24) is 5.32 Å².